The summed E-state index contributed by atoms with van der Waals surface area (Å²) in [4.78, 5) is 7.30. The van der Waals surface area contributed by atoms with E-state index in [-0.39, 0.29) is 29.5 Å². The molecule has 0 unspecified atom stereocenters. The monoisotopic (exact) mass is 529 g/mol. The second-order valence-corrected chi connectivity index (χ2v) is 8.18. The Kier molecular flexibility index (Phi) is 10.1. The summed E-state index contributed by atoms with van der Waals surface area (Å²) in [6, 6.07) is 3.84. The number of likely N-dealkylation sites (tertiary alicyclic amines) is 1. The first-order valence-corrected chi connectivity index (χ1v) is 10.7. The fraction of sp³-hybridized carbons (Fsp3) is 0.667. The summed E-state index contributed by atoms with van der Waals surface area (Å²) in [6.45, 7) is 12.0. The summed E-state index contributed by atoms with van der Waals surface area (Å²) in [5, 5.41) is 15.1. The van der Waals surface area contributed by atoms with Crippen molar-refractivity contribution >= 4 is 29.9 Å². The van der Waals surface area contributed by atoms with Crippen molar-refractivity contribution in [2.24, 2.45) is 4.99 Å². The Hall–Kier alpha value is -1.62. The normalized spacial score (nSPS) is 15.6. The minimum atomic E-state index is 0. The van der Waals surface area contributed by atoms with Crippen molar-refractivity contribution in [3.05, 3.63) is 36.3 Å². The summed E-state index contributed by atoms with van der Waals surface area (Å²) >= 11 is 0. The van der Waals surface area contributed by atoms with E-state index in [1.165, 1.54) is 32.4 Å². The van der Waals surface area contributed by atoms with Crippen LogP contribution in [0, 0.1) is 0 Å². The molecular formula is C21H36IN7O. The number of nitrogens with zero attached hydrogens (tertiary/aromatic N) is 5. The second kappa shape index (κ2) is 12.3. The van der Waals surface area contributed by atoms with Gasteiger partial charge < -0.3 is 19.6 Å². The molecule has 1 aliphatic heterocycles. The van der Waals surface area contributed by atoms with Crippen LogP contribution in [0.5, 0.6) is 0 Å². The lowest BCUT2D eigenvalue weighted by molar-refractivity contribution is 0.0982. The van der Waals surface area contributed by atoms with E-state index in [0.717, 1.165) is 43.6 Å². The van der Waals surface area contributed by atoms with E-state index in [1.807, 2.05) is 12.1 Å². The number of aromatic nitrogens is 3. The molecule has 0 radical (unpaired) electrons. The minimum absolute atomic E-state index is 0. The summed E-state index contributed by atoms with van der Waals surface area (Å²) in [6.07, 6.45) is 8.28. The molecule has 1 saturated heterocycles. The summed E-state index contributed by atoms with van der Waals surface area (Å²) in [7, 11) is 0. The lowest BCUT2D eigenvalue weighted by Crippen LogP contribution is -2.55. The van der Waals surface area contributed by atoms with Gasteiger partial charge in [0, 0.05) is 31.6 Å². The fourth-order valence-corrected chi connectivity index (χ4v) is 3.68. The Morgan fingerprint density at radius 2 is 2.03 bits per heavy atom. The molecule has 3 heterocycles. The number of piperidine rings is 1. The molecule has 9 heteroatoms. The van der Waals surface area contributed by atoms with Gasteiger partial charge in [0.15, 0.2) is 5.96 Å². The van der Waals surface area contributed by atoms with Gasteiger partial charge in [-0.05, 0) is 51.9 Å². The molecule has 30 heavy (non-hydrogen) atoms. The van der Waals surface area contributed by atoms with Crippen molar-refractivity contribution in [2.45, 2.75) is 65.1 Å². The summed E-state index contributed by atoms with van der Waals surface area (Å²) in [5.74, 6) is 2.66. The zero-order chi connectivity index (χ0) is 20.5. The zero-order valence-electron chi connectivity index (χ0n) is 18.4. The van der Waals surface area contributed by atoms with Crippen LogP contribution in [0.4, 0.5) is 0 Å². The molecule has 0 aromatic carbocycles. The maximum Gasteiger partial charge on any atom is 0.191 e. The van der Waals surface area contributed by atoms with Gasteiger partial charge in [-0.3, -0.25) is 4.90 Å². The van der Waals surface area contributed by atoms with Crippen molar-refractivity contribution in [3.63, 3.8) is 0 Å². The average Bonchev–Trinajstić information content (AvgIpc) is 3.42. The Bertz CT molecular complexity index is 751. The van der Waals surface area contributed by atoms with E-state index in [9.17, 15) is 0 Å². The van der Waals surface area contributed by atoms with Gasteiger partial charge >= 0.3 is 0 Å². The molecular weight excluding hydrogens is 493 g/mol. The molecule has 3 rings (SSSR count). The fourth-order valence-electron chi connectivity index (χ4n) is 3.68. The van der Waals surface area contributed by atoms with Crippen molar-refractivity contribution in [2.75, 3.05) is 26.2 Å². The number of halogens is 1. The molecule has 0 saturated carbocycles. The van der Waals surface area contributed by atoms with E-state index in [4.69, 9.17) is 9.41 Å². The second-order valence-electron chi connectivity index (χ2n) is 8.18. The quantitative estimate of drug-likeness (QED) is 0.295. The van der Waals surface area contributed by atoms with Crippen LogP contribution < -0.4 is 10.6 Å². The van der Waals surface area contributed by atoms with Gasteiger partial charge in [0.1, 0.15) is 24.5 Å². The third-order valence-electron chi connectivity index (χ3n) is 5.53. The van der Waals surface area contributed by atoms with Gasteiger partial charge in [-0.2, -0.15) is 0 Å². The van der Waals surface area contributed by atoms with Crippen LogP contribution in [0.25, 0.3) is 0 Å². The maximum atomic E-state index is 5.43. The third kappa shape index (κ3) is 7.26. The van der Waals surface area contributed by atoms with Gasteiger partial charge in [0.2, 0.25) is 0 Å². The van der Waals surface area contributed by atoms with Crippen molar-refractivity contribution in [1.82, 2.24) is 30.3 Å². The van der Waals surface area contributed by atoms with Gasteiger partial charge in [0.05, 0.1) is 6.26 Å². The number of guanidine groups is 1. The van der Waals surface area contributed by atoms with Crippen LogP contribution in [0.3, 0.4) is 0 Å². The van der Waals surface area contributed by atoms with Crippen LogP contribution in [0.15, 0.2) is 34.1 Å². The number of nitrogens with one attached hydrogen (secondary N) is 2. The topological polar surface area (TPSA) is 83.5 Å². The predicted molar refractivity (Wildman–Crippen MR) is 130 cm³/mol. The Morgan fingerprint density at radius 3 is 2.73 bits per heavy atom. The first-order chi connectivity index (χ1) is 14.1. The molecule has 1 fully saturated rings. The number of hydrogen-bond donors (Lipinski definition) is 2. The highest BCUT2D eigenvalue weighted by atomic mass is 127. The van der Waals surface area contributed by atoms with Gasteiger partial charge in [-0.15, -0.1) is 34.2 Å². The largest absolute Gasteiger partial charge is 0.467 e. The number of furan rings is 1. The molecule has 0 aliphatic carbocycles. The lowest BCUT2D eigenvalue weighted by atomic mass is 9.98. The van der Waals surface area contributed by atoms with Crippen molar-refractivity contribution in [3.8, 4) is 0 Å². The Morgan fingerprint density at radius 1 is 1.23 bits per heavy atom. The van der Waals surface area contributed by atoms with E-state index in [1.54, 1.807) is 12.6 Å². The van der Waals surface area contributed by atoms with Crippen LogP contribution in [-0.2, 0) is 19.5 Å². The smallest absolute Gasteiger partial charge is 0.191 e. The van der Waals surface area contributed by atoms with Crippen LogP contribution in [0.2, 0.25) is 0 Å². The summed E-state index contributed by atoms with van der Waals surface area (Å²) < 4.78 is 7.50. The maximum absolute atomic E-state index is 5.43. The highest BCUT2D eigenvalue weighted by molar-refractivity contribution is 14.0. The number of aryl methyl sites for hydroxylation is 1. The highest BCUT2D eigenvalue weighted by Crippen LogP contribution is 2.19. The van der Waals surface area contributed by atoms with Gasteiger partial charge in [-0.1, -0.05) is 13.3 Å². The molecule has 2 aromatic heterocycles. The van der Waals surface area contributed by atoms with E-state index in [2.05, 4.69) is 51.1 Å². The molecule has 0 bridgehead atoms. The summed E-state index contributed by atoms with van der Waals surface area (Å²) in [5.41, 5.74) is 0.0806. The molecule has 0 spiro atoms. The predicted octanol–water partition coefficient (Wildman–Crippen LogP) is 3.05. The standard InChI is InChI=1S/C21H35N7O.HI/c1-4-19-26-25-17-27(19)13-10-22-20(23-15-18-9-8-14-29-18)24-16-21(2,3)28-11-6-5-7-12-28;/h8-9,14,17H,4-7,10-13,15-16H2,1-3H3,(H2,22,23,24);1H. The molecule has 168 valence electrons. The van der Waals surface area contributed by atoms with Crippen molar-refractivity contribution < 1.29 is 4.42 Å². The zero-order valence-corrected chi connectivity index (χ0v) is 20.8. The third-order valence-corrected chi connectivity index (χ3v) is 5.53. The Labute approximate surface area is 196 Å². The highest BCUT2D eigenvalue weighted by Gasteiger charge is 2.27. The van der Waals surface area contributed by atoms with E-state index < -0.39 is 0 Å². The SMILES string of the molecule is CCc1nncn1CCNC(=NCc1ccco1)NCC(C)(C)N1CCCCC1.I. The van der Waals surface area contributed by atoms with E-state index >= 15 is 0 Å². The Balaban J connectivity index is 0.00000320. The van der Waals surface area contributed by atoms with Crippen molar-refractivity contribution in [1.29, 1.82) is 0 Å². The number of aliphatic imine (C=N–C) groups is 1. The van der Waals surface area contributed by atoms with E-state index in [0.29, 0.717) is 6.54 Å². The van der Waals surface area contributed by atoms with Gasteiger partial charge in [0.25, 0.3) is 0 Å². The minimum Gasteiger partial charge on any atom is -0.467 e. The molecule has 0 amide bonds. The van der Waals surface area contributed by atoms with Crippen LogP contribution in [0.1, 0.15) is 51.6 Å². The molecule has 0 atom stereocenters. The van der Waals surface area contributed by atoms with Gasteiger partial charge in [-0.25, -0.2) is 4.99 Å². The first kappa shape index (κ1) is 24.6. The molecule has 2 N–H and O–H groups in total. The number of hydrogen-bond acceptors (Lipinski definition) is 5. The first-order valence-electron chi connectivity index (χ1n) is 10.7. The number of rotatable bonds is 9. The molecule has 8 nitrogen and oxygen atoms in total. The van der Waals surface area contributed by atoms with Crippen LogP contribution in [-0.4, -0.2) is 57.3 Å². The molecule has 1 aliphatic rings. The lowest BCUT2D eigenvalue weighted by Gasteiger charge is -2.41. The molecule has 2 aromatic rings. The van der Waals surface area contributed by atoms with Crippen LogP contribution >= 0.6 is 24.0 Å². The average molecular weight is 529 g/mol.